The number of nitrogens with zero attached hydrogens (tertiary/aromatic N) is 2. The van der Waals surface area contributed by atoms with E-state index < -0.39 is 10.7 Å². The molecule has 0 saturated heterocycles. The molecular weight excluding hydrogens is 199 g/mol. The smallest absolute Gasteiger partial charge is 0.261 e. The third-order valence-corrected chi connectivity index (χ3v) is 2.24. The molecule has 0 saturated carbocycles. The van der Waals surface area contributed by atoms with Gasteiger partial charge in [0.05, 0.1) is 10.3 Å². The second-order valence-corrected chi connectivity index (χ2v) is 3.14. The number of nitro groups is 1. The number of fused-ring (bicyclic) bond motifs is 1. The van der Waals surface area contributed by atoms with E-state index in [9.17, 15) is 14.5 Å². The second-order valence-electron chi connectivity index (χ2n) is 3.14. The van der Waals surface area contributed by atoms with Crippen LogP contribution in [0.15, 0.2) is 24.4 Å². The summed E-state index contributed by atoms with van der Waals surface area (Å²) in [5.41, 5.74) is 0.352. The van der Waals surface area contributed by atoms with Crippen LogP contribution < -0.4 is 0 Å². The lowest BCUT2D eigenvalue weighted by molar-refractivity contribution is -0.383. The van der Waals surface area contributed by atoms with Gasteiger partial charge in [0.15, 0.2) is 0 Å². The maximum absolute atomic E-state index is 13.4. The van der Waals surface area contributed by atoms with Crippen molar-refractivity contribution in [2.45, 2.75) is 6.92 Å². The molecule has 0 aliphatic carbocycles. The minimum absolute atomic E-state index is 0.100. The average Bonchev–Trinajstić information content (AvgIpc) is 2.17. The van der Waals surface area contributed by atoms with Crippen LogP contribution in [0.2, 0.25) is 0 Å². The van der Waals surface area contributed by atoms with Crippen LogP contribution in [0.1, 0.15) is 5.69 Å². The van der Waals surface area contributed by atoms with Crippen LogP contribution in [0.3, 0.4) is 0 Å². The third-order valence-electron chi connectivity index (χ3n) is 2.24. The fraction of sp³-hybridized carbons (Fsp3) is 0.100. The Kier molecular flexibility index (Phi) is 2.07. The fourth-order valence-corrected chi connectivity index (χ4v) is 1.57. The summed E-state index contributed by atoms with van der Waals surface area (Å²) in [5, 5.41) is 11.2. The van der Waals surface area contributed by atoms with Crippen molar-refractivity contribution in [3.8, 4) is 0 Å². The van der Waals surface area contributed by atoms with Crippen molar-refractivity contribution in [2.75, 3.05) is 0 Å². The van der Waals surface area contributed by atoms with Gasteiger partial charge in [0.2, 0.25) is 0 Å². The van der Waals surface area contributed by atoms with Crippen molar-refractivity contribution in [3.63, 3.8) is 0 Å². The number of benzene rings is 1. The molecule has 0 radical (unpaired) electrons. The first kappa shape index (κ1) is 9.51. The Morgan fingerprint density at radius 3 is 2.80 bits per heavy atom. The summed E-state index contributed by atoms with van der Waals surface area (Å²) in [6.45, 7) is 1.62. The highest BCUT2D eigenvalue weighted by molar-refractivity contribution is 5.92. The van der Waals surface area contributed by atoms with Gasteiger partial charge in [0.1, 0.15) is 5.82 Å². The highest BCUT2D eigenvalue weighted by Gasteiger charge is 2.15. The topological polar surface area (TPSA) is 56.0 Å². The van der Waals surface area contributed by atoms with Gasteiger partial charge < -0.3 is 0 Å². The summed E-state index contributed by atoms with van der Waals surface area (Å²) in [4.78, 5) is 14.1. The molecule has 0 aliphatic rings. The van der Waals surface area contributed by atoms with E-state index in [0.29, 0.717) is 5.69 Å². The Balaban J connectivity index is 2.95. The minimum atomic E-state index is -0.527. The van der Waals surface area contributed by atoms with E-state index >= 15 is 0 Å². The third kappa shape index (κ3) is 1.41. The number of aromatic nitrogens is 1. The zero-order valence-corrected chi connectivity index (χ0v) is 7.90. The maximum atomic E-state index is 13.4. The van der Waals surface area contributed by atoms with Gasteiger partial charge in [-0.05, 0) is 19.1 Å². The summed E-state index contributed by atoms with van der Waals surface area (Å²) in [5.74, 6) is -0.485. The van der Waals surface area contributed by atoms with Crippen molar-refractivity contribution in [3.05, 3.63) is 46.0 Å². The van der Waals surface area contributed by atoms with Crippen molar-refractivity contribution in [1.29, 1.82) is 0 Å². The van der Waals surface area contributed by atoms with Crippen LogP contribution >= 0.6 is 0 Å². The van der Waals surface area contributed by atoms with Crippen LogP contribution in [-0.2, 0) is 0 Å². The largest absolute Gasteiger partial charge is 0.277 e. The molecule has 2 aromatic rings. The van der Waals surface area contributed by atoms with E-state index in [4.69, 9.17) is 0 Å². The molecule has 1 aromatic heterocycles. The van der Waals surface area contributed by atoms with Gasteiger partial charge in [-0.2, -0.15) is 0 Å². The lowest BCUT2D eigenvalue weighted by Crippen LogP contribution is -1.94. The molecule has 0 atom stereocenters. The van der Waals surface area contributed by atoms with Gasteiger partial charge in [-0.1, -0.05) is 0 Å². The summed E-state index contributed by atoms with van der Waals surface area (Å²) in [7, 11) is 0. The van der Waals surface area contributed by atoms with Gasteiger partial charge in [-0.15, -0.1) is 0 Å². The monoisotopic (exact) mass is 206 g/mol. The van der Waals surface area contributed by atoms with Gasteiger partial charge in [0.25, 0.3) is 5.69 Å². The van der Waals surface area contributed by atoms with Gasteiger partial charge in [-0.3, -0.25) is 15.1 Å². The predicted molar refractivity (Wildman–Crippen MR) is 53.1 cm³/mol. The molecule has 2 rings (SSSR count). The number of aryl methyl sites for hydroxylation is 1. The molecule has 0 unspecified atom stereocenters. The zero-order valence-electron chi connectivity index (χ0n) is 7.90. The Morgan fingerprint density at radius 1 is 1.40 bits per heavy atom. The number of pyridine rings is 1. The molecular formula is C10H7FN2O2. The first-order chi connectivity index (χ1) is 7.11. The van der Waals surface area contributed by atoms with Gasteiger partial charge in [0, 0.05) is 23.3 Å². The molecule has 1 heterocycles. The highest BCUT2D eigenvalue weighted by Crippen LogP contribution is 2.28. The molecule has 76 valence electrons. The number of non-ortho nitro benzene ring substituents is 1. The fourth-order valence-electron chi connectivity index (χ4n) is 1.57. The summed E-state index contributed by atoms with van der Waals surface area (Å²) < 4.78 is 13.4. The van der Waals surface area contributed by atoms with E-state index in [2.05, 4.69) is 4.98 Å². The first-order valence-corrected chi connectivity index (χ1v) is 4.29. The Hall–Kier alpha value is -2.04. The standard InChI is InChI=1S/C10H7FN2O2/c1-6-10-7(4-5-12-6)9(13(14)15)3-2-8(10)11/h2-5H,1H3. The van der Waals surface area contributed by atoms with Crippen LogP contribution in [0, 0.1) is 22.9 Å². The van der Waals surface area contributed by atoms with Crippen LogP contribution in [-0.4, -0.2) is 9.91 Å². The molecule has 0 aliphatic heterocycles. The lowest BCUT2D eigenvalue weighted by atomic mass is 10.1. The number of nitro benzene ring substituents is 1. The van der Waals surface area contributed by atoms with Crippen LogP contribution in [0.4, 0.5) is 10.1 Å². The Bertz CT molecular complexity index is 546. The molecule has 15 heavy (non-hydrogen) atoms. The number of hydrogen-bond donors (Lipinski definition) is 0. The van der Waals surface area contributed by atoms with E-state index in [1.807, 2.05) is 0 Å². The molecule has 1 aromatic carbocycles. The van der Waals surface area contributed by atoms with E-state index in [1.165, 1.54) is 12.3 Å². The van der Waals surface area contributed by atoms with Gasteiger partial charge >= 0.3 is 0 Å². The quantitative estimate of drug-likeness (QED) is 0.532. The maximum Gasteiger partial charge on any atom is 0.277 e. The summed E-state index contributed by atoms with van der Waals surface area (Å²) >= 11 is 0. The molecule has 5 heteroatoms. The van der Waals surface area contributed by atoms with E-state index in [1.54, 1.807) is 6.92 Å². The number of rotatable bonds is 1. The van der Waals surface area contributed by atoms with Crippen molar-refractivity contribution < 1.29 is 9.31 Å². The number of halogens is 1. The molecule has 0 spiro atoms. The van der Waals surface area contributed by atoms with Crippen molar-refractivity contribution in [1.82, 2.24) is 4.98 Å². The SMILES string of the molecule is Cc1nccc2c([N+](=O)[O-])ccc(F)c12. The van der Waals surface area contributed by atoms with E-state index in [0.717, 1.165) is 12.1 Å². The average molecular weight is 206 g/mol. The first-order valence-electron chi connectivity index (χ1n) is 4.29. The minimum Gasteiger partial charge on any atom is -0.261 e. The highest BCUT2D eigenvalue weighted by atomic mass is 19.1. The number of hydrogen-bond acceptors (Lipinski definition) is 3. The normalized spacial score (nSPS) is 10.5. The van der Waals surface area contributed by atoms with E-state index in [-0.39, 0.29) is 16.5 Å². The van der Waals surface area contributed by atoms with Gasteiger partial charge in [-0.25, -0.2) is 4.39 Å². The molecule has 0 fully saturated rings. The molecule has 4 nitrogen and oxygen atoms in total. The predicted octanol–water partition coefficient (Wildman–Crippen LogP) is 2.59. The van der Waals surface area contributed by atoms with Crippen LogP contribution in [0.5, 0.6) is 0 Å². The summed E-state index contributed by atoms with van der Waals surface area (Å²) in [6.07, 6.45) is 1.43. The Labute approximate surface area is 84.5 Å². The second kappa shape index (κ2) is 3.27. The van der Waals surface area contributed by atoms with Crippen LogP contribution in [0.25, 0.3) is 10.8 Å². The molecule has 0 N–H and O–H groups in total. The Morgan fingerprint density at radius 2 is 2.13 bits per heavy atom. The zero-order chi connectivity index (χ0) is 11.0. The van der Waals surface area contributed by atoms with Crippen molar-refractivity contribution in [2.24, 2.45) is 0 Å². The molecule has 0 amide bonds. The van der Waals surface area contributed by atoms with Crippen molar-refractivity contribution >= 4 is 16.5 Å². The molecule has 0 bridgehead atoms. The lowest BCUT2D eigenvalue weighted by Gasteiger charge is -2.02. The summed E-state index contributed by atoms with van der Waals surface area (Å²) in [6, 6.07) is 3.70.